The highest BCUT2D eigenvalue weighted by molar-refractivity contribution is 9.10. The van der Waals surface area contributed by atoms with E-state index in [1.54, 1.807) is 30.1 Å². The second-order valence-electron chi connectivity index (χ2n) is 3.95. The van der Waals surface area contributed by atoms with Gasteiger partial charge in [-0.15, -0.1) is 0 Å². The molecule has 0 radical (unpaired) electrons. The zero-order valence-corrected chi connectivity index (χ0v) is 12.0. The molecule has 0 fully saturated rings. The van der Waals surface area contributed by atoms with E-state index in [-0.39, 0.29) is 5.56 Å². The molecule has 0 aliphatic heterocycles. The first-order valence-electron chi connectivity index (χ1n) is 5.56. The lowest BCUT2D eigenvalue weighted by molar-refractivity contribution is 0.0697. The Morgan fingerprint density at radius 2 is 2.05 bits per heavy atom. The second-order valence-corrected chi connectivity index (χ2v) is 4.81. The van der Waals surface area contributed by atoms with Crippen LogP contribution in [0, 0.1) is 0 Å². The molecular weight excluding hydrogens is 328 g/mol. The molecule has 2 amide bonds. The van der Waals surface area contributed by atoms with E-state index >= 15 is 0 Å². The van der Waals surface area contributed by atoms with Crippen molar-refractivity contribution in [3.63, 3.8) is 0 Å². The van der Waals surface area contributed by atoms with Crippen LogP contribution >= 0.6 is 15.9 Å². The zero-order chi connectivity index (χ0) is 14.7. The van der Waals surface area contributed by atoms with Crippen LogP contribution in [0.4, 0.5) is 16.3 Å². The summed E-state index contributed by atoms with van der Waals surface area (Å²) in [5.41, 5.74) is 0.444. The van der Waals surface area contributed by atoms with E-state index < -0.39 is 12.0 Å². The van der Waals surface area contributed by atoms with Crippen LogP contribution in [0.25, 0.3) is 0 Å². The fourth-order valence-corrected chi connectivity index (χ4v) is 1.85. The number of nitrogens with one attached hydrogen (secondary N) is 2. The predicted molar refractivity (Wildman–Crippen MR) is 77.0 cm³/mol. The van der Waals surface area contributed by atoms with Gasteiger partial charge in [0.2, 0.25) is 0 Å². The topological polar surface area (TPSA) is 96.2 Å². The number of anilines is 2. The highest BCUT2D eigenvalue weighted by Crippen LogP contribution is 2.23. The number of carbonyl (C=O) groups is 2. The van der Waals surface area contributed by atoms with Crippen LogP contribution in [0.1, 0.15) is 10.4 Å². The van der Waals surface area contributed by atoms with Gasteiger partial charge in [-0.2, -0.15) is 5.10 Å². The number of urea groups is 1. The van der Waals surface area contributed by atoms with Crippen molar-refractivity contribution in [1.82, 2.24) is 9.78 Å². The van der Waals surface area contributed by atoms with Crippen LogP contribution in [-0.4, -0.2) is 26.9 Å². The lowest BCUT2D eigenvalue weighted by Crippen LogP contribution is -2.20. The molecule has 1 aromatic carbocycles. The minimum absolute atomic E-state index is 0.0846. The summed E-state index contributed by atoms with van der Waals surface area (Å²) < 4.78 is 2.13. The maximum atomic E-state index is 11.8. The minimum atomic E-state index is -1.06. The average Bonchev–Trinajstić information content (AvgIpc) is 2.77. The van der Waals surface area contributed by atoms with Gasteiger partial charge in [-0.25, -0.2) is 9.59 Å². The second kappa shape index (κ2) is 5.74. The number of benzene rings is 1. The third-order valence-electron chi connectivity index (χ3n) is 2.42. The monoisotopic (exact) mass is 338 g/mol. The Balaban J connectivity index is 2.11. The molecule has 0 bridgehead atoms. The number of carboxylic acid groups (broad SMARTS) is 1. The number of carbonyl (C=O) groups excluding carboxylic acids is 1. The van der Waals surface area contributed by atoms with Crippen molar-refractivity contribution in [3.8, 4) is 0 Å². The minimum Gasteiger partial charge on any atom is -0.478 e. The van der Waals surface area contributed by atoms with Crippen molar-refractivity contribution in [1.29, 1.82) is 0 Å². The molecule has 7 nitrogen and oxygen atoms in total. The van der Waals surface area contributed by atoms with E-state index in [4.69, 9.17) is 5.11 Å². The van der Waals surface area contributed by atoms with Crippen molar-refractivity contribution < 1.29 is 14.7 Å². The molecule has 3 N–H and O–H groups in total. The fraction of sp³-hybridized carbons (Fsp3) is 0.0833. The fourth-order valence-electron chi connectivity index (χ4n) is 1.51. The number of hydrogen-bond acceptors (Lipinski definition) is 3. The number of hydrogen-bond donors (Lipinski definition) is 3. The Labute approximate surface area is 122 Å². The summed E-state index contributed by atoms with van der Waals surface area (Å²) in [6.07, 6.45) is 1.69. The predicted octanol–water partition coefficient (Wildman–Crippen LogP) is 2.52. The number of aryl methyl sites for hydroxylation is 1. The number of nitrogens with zero attached hydrogens (tertiary/aromatic N) is 2. The number of aromatic nitrogens is 2. The highest BCUT2D eigenvalue weighted by Gasteiger charge is 2.10. The van der Waals surface area contributed by atoms with Gasteiger partial charge in [0.25, 0.3) is 0 Å². The van der Waals surface area contributed by atoms with Crippen LogP contribution in [0.15, 0.2) is 34.9 Å². The molecule has 0 aliphatic carbocycles. The van der Waals surface area contributed by atoms with Crippen LogP contribution in [-0.2, 0) is 7.05 Å². The van der Waals surface area contributed by atoms with Crippen LogP contribution in [0.5, 0.6) is 0 Å². The van der Waals surface area contributed by atoms with E-state index in [9.17, 15) is 9.59 Å². The summed E-state index contributed by atoms with van der Waals surface area (Å²) >= 11 is 3.24. The largest absolute Gasteiger partial charge is 0.478 e. The van der Waals surface area contributed by atoms with Gasteiger partial charge < -0.3 is 10.4 Å². The molecule has 104 valence electrons. The molecule has 8 heteroatoms. The van der Waals surface area contributed by atoms with Crippen molar-refractivity contribution in [3.05, 3.63) is 40.5 Å². The lowest BCUT2D eigenvalue weighted by Gasteiger charge is -2.08. The summed E-state index contributed by atoms with van der Waals surface area (Å²) in [5, 5.41) is 18.0. The number of amides is 2. The van der Waals surface area contributed by atoms with Crippen LogP contribution < -0.4 is 10.6 Å². The maximum absolute atomic E-state index is 11.8. The van der Waals surface area contributed by atoms with Crippen molar-refractivity contribution >= 4 is 39.4 Å². The van der Waals surface area contributed by atoms with E-state index in [1.165, 1.54) is 12.1 Å². The third kappa shape index (κ3) is 3.35. The molecule has 1 aromatic heterocycles. The molecule has 0 unspecified atom stereocenters. The average molecular weight is 339 g/mol. The summed E-state index contributed by atoms with van der Waals surface area (Å²) in [6.45, 7) is 0. The van der Waals surface area contributed by atoms with Crippen molar-refractivity contribution in [2.24, 2.45) is 7.05 Å². The van der Waals surface area contributed by atoms with Gasteiger partial charge in [0, 0.05) is 23.8 Å². The van der Waals surface area contributed by atoms with E-state index in [1.807, 2.05) is 0 Å². The number of halogens is 1. The summed E-state index contributed by atoms with van der Waals surface area (Å²) in [6, 6.07) is 5.49. The first-order valence-corrected chi connectivity index (χ1v) is 6.35. The van der Waals surface area contributed by atoms with Crippen LogP contribution in [0.2, 0.25) is 0 Å². The quantitative estimate of drug-likeness (QED) is 0.801. The normalized spacial score (nSPS) is 10.1. The standard InChI is InChI=1S/C12H11BrN4O3/c1-17-5-4-10(16-17)15-12(20)14-9-6-7(11(18)19)2-3-8(9)13/h2-6H,1H3,(H,18,19)(H2,14,15,16,20). The third-order valence-corrected chi connectivity index (χ3v) is 3.11. The maximum Gasteiger partial charge on any atom is 0.335 e. The van der Waals surface area contributed by atoms with Gasteiger partial charge in [0.05, 0.1) is 11.3 Å². The summed E-state index contributed by atoms with van der Waals surface area (Å²) in [5.74, 6) is -0.666. The van der Waals surface area contributed by atoms with Crippen molar-refractivity contribution in [2.45, 2.75) is 0 Å². The van der Waals surface area contributed by atoms with Gasteiger partial charge in [0.1, 0.15) is 0 Å². The first-order chi connectivity index (χ1) is 9.45. The Morgan fingerprint density at radius 1 is 1.30 bits per heavy atom. The summed E-state index contributed by atoms with van der Waals surface area (Å²) in [4.78, 5) is 22.7. The first kappa shape index (κ1) is 14.1. The number of rotatable bonds is 3. The summed E-state index contributed by atoms with van der Waals surface area (Å²) in [7, 11) is 1.73. The van der Waals surface area contributed by atoms with E-state index in [0.29, 0.717) is 16.0 Å². The Kier molecular flexibility index (Phi) is 4.04. The highest BCUT2D eigenvalue weighted by atomic mass is 79.9. The Bertz CT molecular complexity index is 668. The smallest absolute Gasteiger partial charge is 0.335 e. The molecule has 2 aromatic rings. The molecule has 0 aliphatic rings. The molecule has 20 heavy (non-hydrogen) atoms. The van der Waals surface area contributed by atoms with E-state index in [0.717, 1.165) is 0 Å². The zero-order valence-electron chi connectivity index (χ0n) is 10.4. The van der Waals surface area contributed by atoms with Crippen molar-refractivity contribution in [2.75, 3.05) is 10.6 Å². The molecule has 0 spiro atoms. The van der Waals surface area contributed by atoms with Crippen LogP contribution in [0.3, 0.4) is 0 Å². The molecule has 0 saturated heterocycles. The molecule has 0 saturated carbocycles. The van der Waals surface area contributed by atoms with Gasteiger partial charge in [-0.05, 0) is 34.1 Å². The lowest BCUT2D eigenvalue weighted by atomic mass is 10.2. The molecule has 0 atom stereocenters. The number of aromatic carboxylic acids is 1. The Morgan fingerprint density at radius 3 is 2.65 bits per heavy atom. The van der Waals surface area contributed by atoms with Gasteiger partial charge >= 0.3 is 12.0 Å². The number of carboxylic acids is 1. The van der Waals surface area contributed by atoms with Gasteiger partial charge in [0.15, 0.2) is 5.82 Å². The van der Waals surface area contributed by atoms with E-state index in [2.05, 4.69) is 31.7 Å². The molecular formula is C12H11BrN4O3. The Hall–Kier alpha value is -2.35. The molecule has 1 heterocycles. The van der Waals surface area contributed by atoms with Gasteiger partial charge in [-0.1, -0.05) is 0 Å². The molecule has 2 rings (SSSR count). The SMILES string of the molecule is Cn1ccc(NC(=O)Nc2cc(C(=O)O)ccc2Br)n1. The van der Waals surface area contributed by atoms with Gasteiger partial charge in [-0.3, -0.25) is 10.00 Å².